The van der Waals surface area contributed by atoms with Crippen molar-refractivity contribution in [3.8, 4) is 0 Å². The fourth-order valence-electron chi connectivity index (χ4n) is 2.10. The molecule has 1 saturated heterocycles. The number of hydrogen-bond donors (Lipinski definition) is 1. The Hall–Kier alpha value is -1.82. The summed E-state index contributed by atoms with van der Waals surface area (Å²) in [5.41, 5.74) is 0. The third-order valence-electron chi connectivity index (χ3n) is 3.17. The standard InChI is InChI=1S/C13H18N2O4/c1-18-6-4-15-9-10(7-12(15)16)13(17)14-8-11-3-2-5-19-11/h2-3,5,10H,4,6-9H2,1H3,(H,14,17)/t10-/m1/s1. The highest BCUT2D eigenvalue weighted by Crippen LogP contribution is 2.17. The summed E-state index contributed by atoms with van der Waals surface area (Å²) in [6.45, 7) is 1.85. The Kier molecular flexibility index (Phi) is 4.57. The first-order valence-electron chi connectivity index (χ1n) is 6.27. The van der Waals surface area contributed by atoms with Gasteiger partial charge in [-0.1, -0.05) is 0 Å². The number of likely N-dealkylation sites (tertiary alicyclic amines) is 1. The largest absolute Gasteiger partial charge is 0.467 e. The lowest BCUT2D eigenvalue weighted by atomic mass is 10.1. The van der Waals surface area contributed by atoms with Gasteiger partial charge in [0.25, 0.3) is 0 Å². The zero-order valence-electron chi connectivity index (χ0n) is 10.9. The molecule has 2 rings (SSSR count). The summed E-state index contributed by atoms with van der Waals surface area (Å²) in [7, 11) is 1.59. The average molecular weight is 266 g/mol. The van der Waals surface area contributed by atoms with Crippen molar-refractivity contribution in [3.63, 3.8) is 0 Å². The van der Waals surface area contributed by atoms with Gasteiger partial charge in [0.15, 0.2) is 0 Å². The Morgan fingerprint density at radius 3 is 3.16 bits per heavy atom. The maximum absolute atomic E-state index is 11.9. The van der Waals surface area contributed by atoms with E-state index in [1.54, 1.807) is 30.4 Å². The van der Waals surface area contributed by atoms with E-state index in [0.717, 1.165) is 0 Å². The highest BCUT2D eigenvalue weighted by Gasteiger charge is 2.33. The van der Waals surface area contributed by atoms with Gasteiger partial charge in [-0.05, 0) is 12.1 Å². The summed E-state index contributed by atoms with van der Waals surface area (Å²) in [6.07, 6.45) is 1.83. The Bertz CT molecular complexity index is 430. The molecule has 1 N–H and O–H groups in total. The predicted molar refractivity (Wildman–Crippen MR) is 67.1 cm³/mol. The molecular weight excluding hydrogens is 248 g/mol. The van der Waals surface area contributed by atoms with Crippen LogP contribution in [0.3, 0.4) is 0 Å². The third kappa shape index (κ3) is 3.57. The van der Waals surface area contributed by atoms with E-state index >= 15 is 0 Å². The average Bonchev–Trinajstić information content (AvgIpc) is 3.03. The molecule has 0 unspecified atom stereocenters. The summed E-state index contributed by atoms with van der Waals surface area (Å²) in [6, 6.07) is 3.57. The molecule has 0 spiro atoms. The highest BCUT2D eigenvalue weighted by molar-refractivity contribution is 5.89. The topological polar surface area (TPSA) is 71.8 Å². The summed E-state index contributed by atoms with van der Waals surface area (Å²) in [4.78, 5) is 25.3. The molecule has 1 aromatic rings. The molecule has 0 saturated carbocycles. The number of nitrogens with one attached hydrogen (secondary N) is 1. The van der Waals surface area contributed by atoms with Crippen LogP contribution in [0.4, 0.5) is 0 Å². The lowest BCUT2D eigenvalue weighted by Gasteiger charge is -2.15. The van der Waals surface area contributed by atoms with Gasteiger partial charge in [0, 0.05) is 26.6 Å². The number of carbonyl (C=O) groups is 2. The zero-order valence-corrected chi connectivity index (χ0v) is 10.9. The van der Waals surface area contributed by atoms with Crippen molar-refractivity contribution in [1.82, 2.24) is 10.2 Å². The summed E-state index contributed by atoms with van der Waals surface area (Å²) < 4.78 is 10.1. The molecule has 1 aromatic heterocycles. The minimum absolute atomic E-state index is 0.00944. The second-order valence-electron chi connectivity index (χ2n) is 4.53. The van der Waals surface area contributed by atoms with E-state index in [2.05, 4.69) is 5.32 Å². The number of methoxy groups -OCH3 is 1. The van der Waals surface area contributed by atoms with Gasteiger partial charge in [0.1, 0.15) is 5.76 Å². The molecule has 104 valence electrons. The van der Waals surface area contributed by atoms with E-state index in [-0.39, 0.29) is 24.2 Å². The van der Waals surface area contributed by atoms with Crippen molar-refractivity contribution in [1.29, 1.82) is 0 Å². The molecule has 1 aliphatic heterocycles. The van der Waals surface area contributed by atoms with Crippen molar-refractivity contribution < 1.29 is 18.7 Å². The molecule has 19 heavy (non-hydrogen) atoms. The van der Waals surface area contributed by atoms with Crippen LogP contribution in [-0.4, -0.2) is 43.5 Å². The van der Waals surface area contributed by atoms with Gasteiger partial charge in [0.2, 0.25) is 11.8 Å². The van der Waals surface area contributed by atoms with Crippen LogP contribution in [0, 0.1) is 5.92 Å². The Morgan fingerprint density at radius 1 is 1.63 bits per heavy atom. The highest BCUT2D eigenvalue weighted by atomic mass is 16.5. The van der Waals surface area contributed by atoms with Crippen LogP contribution in [0.1, 0.15) is 12.2 Å². The molecule has 6 nitrogen and oxygen atoms in total. The van der Waals surface area contributed by atoms with Crippen molar-refractivity contribution in [3.05, 3.63) is 24.2 Å². The lowest BCUT2D eigenvalue weighted by molar-refractivity contribution is -0.129. The van der Waals surface area contributed by atoms with Gasteiger partial charge in [-0.15, -0.1) is 0 Å². The van der Waals surface area contributed by atoms with Crippen LogP contribution in [-0.2, 0) is 20.9 Å². The minimum atomic E-state index is -0.278. The quantitative estimate of drug-likeness (QED) is 0.808. The molecule has 6 heteroatoms. The first kappa shape index (κ1) is 13.6. The number of furan rings is 1. The van der Waals surface area contributed by atoms with E-state index in [0.29, 0.717) is 32.0 Å². The molecule has 0 aromatic carbocycles. The molecule has 2 amide bonds. The first-order chi connectivity index (χ1) is 9.20. The SMILES string of the molecule is COCCN1C[C@H](C(=O)NCc2ccco2)CC1=O. The molecule has 2 heterocycles. The number of nitrogens with zero attached hydrogens (tertiary/aromatic N) is 1. The summed E-state index contributed by atoms with van der Waals surface area (Å²) in [5.74, 6) is 0.327. The van der Waals surface area contributed by atoms with E-state index < -0.39 is 0 Å². The zero-order chi connectivity index (χ0) is 13.7. The maximum atomic E-state index is 11.9. The fraction of sp³-hybridized carbons (Fsp3) is 0.538. The monoisotopic (exact) mass is 266 g/mol. The van der Waals surface area contributed by atoms with Gasteiger partial charge in [-0.2, -0.15) is 0 Å². The first-order valence-corrected chi connectivity index (χ1v) is 6.27. The summed E-state index contributed by atoms with van der Waals surface area (Å²) >= 11 is 0. The van der Waals surface area contributed by atoms with Crippen LogP contribution < -0.4 is 5.32 Å². The van der Waals surface area contributed by atoms with Crippen LogP contribution in [0.15, 0.2) is 22.8 Å². The second-order valence-corrected chi connectivity index (χ2v) is 4.53. The molecular formula is C13H18N2O4. The molecule has 1 atom stereocenters. The van der Waals surface area contributed by atoms with Gasteiger partial charge in [0.05, 0.1) is 25.3 Å². The number of hydrogen-bond acceptors (Lipinski definition) is 4. The number of ether oxygens (including phenoxy) is 1. The smallest absolute Gasteiger partial charge is 0.225 e. The van der Waals surface area contributed by atoms with E-state index in [1.165, 1.54) is 0 Å². The third-order valence-corrected chi connectivity index (χ3v) is 3.17. The Balaban J connectivity index is 1.79. The normalized spacial score (nSPS) is 18.9. The molecule has 0 bridgehead atoms. The number of carbonyl (C=O) groups excluding carboxylic acids is 2. The predicted octanol–water partition coefficient (Wildman–Crippen LogP) is 0.391. The lowest BCUT2D eigenvalue weighted by Crippen LogP contribution is -2.33. The van der Waals surface area contributed by atoms with Crippen molar-refractivity contribution in [2.75, 3.05) is 26.8 Å². The van der Waals surface area contributed by atoms with Crippen LogP contribution >= 0.6 is 0 Å². The van der Waals surface area contributed by atoms with E-state index in [1.807, 2.05) is 0 Å². The van der Waals surface area contributed by atoms with E-state index in [4.69, 9.17) is 9.15 Å². The second kappa shape index (κ2) is 6.38. The summed E-state index contributed by atoms with van der Waals surface area (Å²) in [5, 5.41) is 2.78. The number of amides is 2. The van der Waals surface area contributed by atoms with Gasteiger partial charge in [-0.3, -0.25) is 9.59 Å². The molecule has 1 aliphatic rings. The van der Waals surface area contributed by atoms with Crippen molar-refractivity contribution in [2.45, 2.75) is 13.0 Å². The Morgan fingerprint density at radius 2 is 2.47 bits per heavy atom. The van der Waals surface area contributed by atoms with Crippen molar-refractivity contribution >= 4 is 11.8 Å². The fourth-order valence-corrected chi connectivity index (χ4v) is 2.10. The van der Waals surface area contributed by atoms with Gasteiger partial charge < -0.3 is 19.4 Å². The van der Waals surface area contributed by atoms with Crippen molar-refractivity contribution in [2.24, 2.45) is 5.92 Å². The Labute approximate surface area is 111 Å². The van der Waals surface area contributed by atoms with Crippen LogP contribution in [0.25, 0.3) is 0 Å². The van der Waals surface area contributed by atoms with E-state index in [9.17, 15) is 9.59 Å². The molecule has 1 fully saturated rings. The number of rotatable bonds is 6. The van der Waals surface area contributed by atoms with Crippen LogP contribution in [0.2, 0.25) is 0 Å². The van der Waals surface area contributed by atoms with Gasteiger partial charge >= 0.3 is 0 Å². The van der Waals surface area contributed by atoms with Gasteiger partial charge in [-0.25, -0.2) is 0 Å². The minimum Gasteiger partial charge on any atom is -0.467 e. The molecule has 0 aliphatic carbocycles. The maximum Gasteiger partial charge on any atom is 0.225 e. The van der Waals surface area contributed by atoms with Crippen LogP contribution in [0.5, 0.6) is 0 Å². The molecule has 0 radical (unpaired) electrons.